The molecule has 0 spiro atoms. The van der Waals surface area contributed by atoms with Crippen molar-refractivity contribution in [3.63, 3.8) is 0 Å². The molecular weight excluding hydrogens is 346 g/mol. The number of primary amides is 1. The summed E-state index contributed by atoms with van der Waals surface area (Å²) < 4.78 is 11.7. The van der Waals surface area contributed by atoms with E-state index in [2.05, 4.69) is 10.3 Å². The lowest BCUT2D eigenvalue weighted by molar-refractivity contribution is -0.120. The Kier molecular flexibility index (Phi) is 6.31. The number of carbonyl (C=O) groups excluding carboxylic acids is 2. The average Bonchev–Trinajstić information content (AvgIpc) is 3.30. The second-order valence-electron chi connectivity index (χ2n) is 7.90. The lowest BCUT2D eigenvalue weighted by atomic mass is 10.0. The summed E-state index contributed by atoms with van der Waals surface area (Å²) in [5.41, 5.74) is 6.53. The van der Waals surface area contributed by atoms with Crippen LogP contribution in [0.15, 0.2) is 12.1 Å². The van der Waals surface area contributed by atoms with E-state index < -0.39 is 17.9 Å². The minimum absolute atomic E-state index is 0.0388. The maximum absolute atomic E-state index is 12.6. The Labute approximate surface area is 160 Å². The van der Waals surface area contributed by atoms with E-state index in [9.17, 15) is 9.59 Å². The van der Waals surface area contributed by atoms with E-state index in [1.807, 2.05) is 19.9 Å². The standard InChI is InChI=1S/C20H29N3O4/c1-12(2)10-16(18(21)24)22-19(25)15-8-7-14(17-4-3-9-26-17)20(23-15)27-11-13-5-6-13/h7-8,12-13,16-17H,3-6,9-11H2,1-2H3,(H2,21,24)(H,22,25)/t16-,17-/m0/s1. The van der Waals surface area contributed by atoms with Crippen molar-refractivity contribution in [3.8, 4) is 5.88 Å². The zero-order chi connectivity index (χ0) is 19.4. The fourth-order valence-corrected chi connectivity index (χ4v) is 3.19. The van der Waals surface area contributed by atoms with Crippen LogP contribution in [-0.4, -0.2) is 36.1 Å². The van der Waals surface area contributed by atoms with Crippen molar-refractivity contribution in [1.82, 2.24) is 10.3 Å². The highest BCUT2D eigenvalue weighted by atomic mass is 16.5. The van der Waals surface area contributed by atoms with Gasteiger partial charge in [0, 0.05) is 12.2 Å². The fraction of sp³-hybridized carbons (Fsp3) is 0.650. The van der Waals surface area contributed by atoms with Crippen LogP contribution in [0.4, 0.5) is 0 Å². The Hall–Kier alpha value is -2.15. The van der Waals surface area contributed by atoms with Gasteiger partial charge in [0.1, 0.15) is 11.7 Å². The van der Waals surface area contributed by atoms with E-state index in [-0.39, 0.29) is 17.7 Å². The number of hydrogen-bond donors (Lipinski definition) is 2. The molecule has 0 unspecified atom stereocenters. The Morgan fingerprint density at radius 2 is 2.11 bits per heavy atom. The summed E-state index contributed by atoms with van der Waals surface area (Å²) in [7, 11) is 0. The molecule has 1 aliphatic heterocycles. The van der Waals surface area contributed by atoms with Gasteiger partial charge in [-0.1, -0.05) is 13.8 Å². The summed E-state index contributed by atoms with van der Waals surface area (Å²) in [5.74, 6) is 0.302. The van der Waals surface area contributed by atoms with Crippen molar-refractivity contribution in [2.75, 3.05) is 13.2 Å². The van der Waals surface area contributed by atoms with Crippen molar-refractivity contribution >= 4 is 11.8 Å². The van der Waals surface area contributed by atoms with Crippen molar-refractivity contribution < 1.29 is 19.1 Å². The molecule has 2 heterocycles. The van der Waals surface area contributed by atoms with Crippen LogP contribution in [0, 0.1) is 11.8 Å². The van der Waals surface area contributed by atoms with Crippen molar-refractivity contribution in [3.05, 3.63) is 23.4 Å². The van der Waals surface area contributed by atoms with Gasteiger partial charge >= 0.3 is 0 Å². The Morgan fingerprint density at radius 1 is 1.33 bits per heavy atom. The first-order valence-corrected chi connectivity index (χ1v) is 9.79. The molecule has 1 saturated carbocycles. The van der Waals surface area contributed by atoms with Gasteiger partial charge in [-0.05, 0) is 56.1 Å². The number of rotatable bonds is 9. The molecule has 3 rings (SSSR count). The van der Waals surface area contributed by atoms with Crippen molar-refractivity contribution in [1.29, 1.82) is 0 Å². The van der Waals surface area contributed by atoms with Gasteiger partial charge in [0.05, 0.1) is 12.7 Å². The number of ether oxygens (including phenoxy) is 2. The maximum atomic E-state index is 12.6. The van der Waals surface area contributed by atoms with Gasteiger partial charge in [-0.25, -0.2) is 4.98 Å². The first-order chi connectivity index (χ1) is 12.9. The third-order valence-corrected chi connectivity index (χ3v) is 4.91. The predicted molar refractivity (Wildman–Crippen MR) is 100 cm³/mol. The molecule has 148 valence electrons. The molecule has 1 saturated heterocycles. The normalized spacial score (nSPS) is 20.5. The number of amides is 2. The lowest BCUT2D eigenvalue weighted by Gasteiger charge is -2.19. The Bertz CT molecular complexity index is 682. The molecule has 2 fully saturated rings. The van der Waals surface area contributed by atoms with Gasteiger partial charge < -0.3 is 20.5 Å². The molecule has 0 bridgehead atoms. The molecule has 7 heteroatoms. The van der Waals surface area contributed by atoms with Gasteiger partial charge in [0.15, 0.2) is 0 Å². The Morgan fingerprint density at radius 3 is 2.70 bits per heavy atom. The second kappa shape index (κ2) is 8.69. The molecule has 2 aliphatic rings. The average molecular weight is 375 g/mol. The van der Waals surface area contributed by atoms with Gasteiger partial charge in [-0.15, -0.1) is 0 Å². The monoisotopic (exact) mass is 375 g/mol. The summed E-state index contributed by atoms with van der Waals surface area (Å²) in [6.07, 6.45) is 4.72. The molecule has 0 radical (unpaired) electrons. The molecule has 7 nitrogen and oxygen atoms in total. The van der Waals surface area contributed by atoms with E-state index in [1.165, 1.54) is 12.8 Å². The maximum Gasteiger partial charge on any atom is 0.270 e. The highest BCUT2D eigenvalue weighted by Gasteiger charge is 2.27. The van der Waals surface area contributed by atoms with E-state index in [4.69, 9.17) is 15.2 Å². The molecule has 1 aliphatic carbocycles. The minimum atomic E-state index is -0.715. The molecular formula is C20H29N3O4. The van der Waals surface area contributed by atoms with Gasteiger partial charge in [-0.2, -0.15) is 0 Å². The molecule has 1 aromatic heterocycles. The number of carbonyl (C=O) groups is 2. The topological polar surface area (TPSA) is 104 Å². The highest BCUT2D eigenvalue weighted by Crippen LogP contribution is 2.35. The van der Waals surface area contributed by atoms with Gasteiger partial charge in [-0.3, -0.25) is 9.59 Å². The SMILES string of the molecule is CC(C)C[C@H](NC(=O)c1ccc([C@@H]2CCCO2)c(OCC2CC2)n1)C(N)=O. The zero-order valence-electron chi connectivity index (χ0n) is 16.1. The third-order valence-electron chi connectivity index (χ3n) is 4.91. The predicted octanol–water partition coefficient (Wildman–Crippen LogP) is 2.35. The molecule has 2 amide bonds. The summed E-state index contributed by atoms with van der Waals surface area (Å²) in [6, 6.07) is 2.79. The van der Waals surface area contributed by atoms with Crippen LogP contribution in [0.25, 0.3) is 0 Å². The summed E-state index contributed by atoms with van der Waals surface area (Å²) >= 11 is 0. The first kappa shape index (κ1) is 19.6. The first-order valence-electron chi connectivity index (χ1n) is 9.79. The van der Waals surface area contributed by atoms with Gasteiger partial charge in [0.2, 0.25) is 11.8 Å². The molecule has 1 aromatic rings. The zero-order valence-corrected chi connectivity index (χ0v) is 16.1. The second-order valence-corrected chi connectivity index (χ2v) is 7.90. The van der Waals surface area contributed by atoms with E-state index in [0.717, 1.165) is 25.0 Å². The van der Waals surface area contributed by atoms with Crippen LogP contribution < -0.4 is 15.8 Å². The van der Waals surface area contributed by atoms with Crippen molar-refractivity contribution in [2.45, 2.75) is 58.1 Å². The smallest absolute Gasteiger partial charge is 0.270 e. The Balaban J connectivity index is 1.76. The van der Waals surface area contributed by atoms with Crippen LogP contribution in [0.3, 0.4) is 0 Å². The lowest BCUT2D eigenvalue weighted by Crippen LogP contribution is -2.45. The quantitative estimate of drug-likeness (QED) is 0.689. The van der Waals surface area contributed by atoms with Crippen molar-refractivity contribution in [2.24, 2.45) is 17.6 Å². The number of nitrogens with one attached hydrogen (secondary N) is 1. The fourth-order valence-electron chi connectivity index (χ4n) is 3.19. The number of aromatic nitrogens is 1. The van der Waals surface area contributed by atoms with Crippen LogP contribution in [0.5, 0.6) is 5.88 Å². The molecule has 27 heavy (non-hydrogen) atoms. The molecule has 0 aromatic carbocycles. The summed E-state index contributed by atoms with van der Waals surface area (Å²) in [6.45, 7) is 5.28. The van der Waals surface area contributed by atoms with E-state index in [0.29, 0.717) is 24.8 Å². The highest BCUT2D eigenvalue weighted by molar-refractivity contribution is 5.96. The molecule has 3 N–H and O–H groups in total. The van der Waals surface area contributed by atoms with E-state index in [1.54, 1.807) is 6.07 Å². The number of nitrogens with zero attached hydrogens (tertiary/aromatic N) is 1. The number of nitrogens with two attached hydrogens (primary N) is 1. The van der Waals surface area contributed by atoms with Crippen LogP contribution in [0.2, 0.25) is 0 Å². The van der Waals surface area contributed by atoms with Crippen LogP contribution in [0.1, 0.15) is 68.1 Å². The molecule has 2 atom stereocenters. The summed E-state index contributed by atoms with van der Waals surface area (Å²) in [5, 5.41) is 2.69. The van der Waals surface area contributed by atoms with Crippen LogP contribution in [-0.2, 0) is 9.53 Å². The minimum Gasteiger partial charge on any atom is -0.477 e. The number of pyridine rings is 1. The summed E-state index contributed by atoms with van der Waals surface area (Å²) in [4.78, 5) is 28.7. The van der Waals surface area contributed by atoms with Crippen LogP contribution >= 0.6 is 0 Å². The number of hydrogen-bond acceptors (Lipinski definition) is 5. The third kappa shape index (κ3) is 5.42. The largest absolute Gasteiger partial charge is 0.477 e. The van der Waals surface area contributed by atoms with E-state index >= 15 is 0 Å². The van der Waals surface area contributed by atoms with Gasteiger partial charge in [0.25, 0.3) is 5.91 Å².